The molecular weight excluding hydrogens is 222 g/mol. The average molecular weight is 253 g/mol. The van der Waals surface area contributed by atoms with Crippen LogP contribution in [0.3, 0.4) is 0 Å². The predicted octanol–water partition coefficient (Wildman–Crippen LogP) is 3.60. The molecule has 0 aliphatic heterocycles. The van der Waals surface area contributed by atoms with Crippen molar-refractivity contribution in [2.45, 2.75) is 78.5 Å². The fraction of sp³-hybridized carbons (Fsp3) is 1.00. The minimum absolute atomic E-state index is 0.304. The smallest absolute Gasteiger partial charge is 0.0655 e. The van der Waals surface area contributed by atoms with Crippen LogP contribution in [-0.4, -0.2) is 24.8 Å². The van der Waals surface area contributed by atoms with Crippen LogP contribution in [-0.2, 0) is 4.74 Å². The average Bonchev–Trinajstić information content (AvgIpc) is 2.30. The van der Waals surface area contributed by atoms with Crippen molar-refractivity contribution < 1.29 is 4.74 Å². The summed E-state index contributed by atoms with van der Waals surface area (Å²) in [5.74, 6) is 1.75. The summed E-state index contributed by atoms with van der Waals surface area (Å²) in [6.07, 6.45) is 5.79. The zero-order chi connectivity index (χ0) is 13.3. The molecule has 2 aliphatic carbocycles. The highest BCUT2D eigenvalue weighted by Crippen LogP contribution is 2.44. The van der Waals surface area contributed by atoms with Crippen molar-refractivity contribution in [3.63, 3.8) is 0 Å². The lowest BCUT2D eigenvalue weighted by Gasteiger charge is -2.54. The molecule has 0 heterocycles. The van der Waals surface area contributed by atoms with Crippen LogP contribution >= 0.6 is 0 Å². The normalized spacial score (nSPS) is 43.5. The van der Waals surface area contributed by atoms with Gasteiger partial charge in [-0.15, -0.1) is 0 Å². The second-order valence-corrected chi connectivity index (χ2v) is 7.22. The van der Waals surface area contributed by atoms with E-state index in [4.69, 9.17) is 4.74 Å². The summed E-state index contributed by atoms with van der Waals surface area (Å²) >= 11 is 0. The molecule has 0 aromatic carbocycles. The van der Waals surface area contributed by atoms with E-state index in [9.17, 15) is 0 Å². The van der Waals surface area contributed by atoms with Crippen molar-refractivity contribution >= 4 is 0 Å². The first kappa shape index (κ1) is 14.3. The molecule has 0 radical (unpaired) electrons. The lowest BCUT2D eigenvalue weighted by Crippen LogP contribution is -2.63. The van der Waals surface area contributed by atoms with Crippen molar-refractivity contribution in [2.75, 3.05) is 6.61 Å². The molecule has 0 aromatic rings. The molecule has 1 N–H and O–H groups in total. The zero-order valence-electron chi connectivity index (χ0n) is 12.8. The highest BCUT2D eigenvalue weighted by molar-refractivity contribution is 5.04. The summed E-state index contributed by atoms with van der Waals surface area (Å²) in [6, 6.07) is 1.38. The Kier molecular flexibility index (Phi) is 4.38. The van der Waals surface area contributed by atoms with Crippen molar-refractivity contribution in [1.82, 2.24) is 5.32 Å². The Balaban J connectivity index is 1.84. The summed E-state index contributed by atoms with van der Waals surface area (Å²) in [5, 5.41) is 3.92. The van der Waals surface area contributed by atoms with Crippen LogP contribution in [0, 0.1) is 17.3 Å². The van der Waals surface area contributed by atoms with Gasteiger partial charge in [-0.3, -0.25) is 0 Å². The fourth-order valence-corrected chi connectivity index (χ4v) is 3.82. The summed E-state index contributed by atoms with van der Waals surface area (Å²) in [4.78, 5) is 0. The summed E-state index contributed by atoms with van der Waals surface area (Å²) in [5.41, 5.74) is 0.304. The Morgan fingerprint density at radius 2 is 1.89 bits per heavy atom. The Hall–Kier alpha value is -0.0800. The molecule has 2 nitrogen and oxygen atoms in total. The van der Waals surface area contributed by atoms with Crippen LogP contribution in [0.25, 0.3) is 0 Å². The lowest BCUT2D eigenvalue weighted by atomic mass is 9.63. The van der Waals surface area contributed by atoms with Crippen LogP contribution in [0.1, 0.15) is 60.3 Å². The zero-order valence-corrected chi connectivity index (χ0v) is 12.8. The third-order valence-corrected chi connectivity index (χ3v) is 5.39. The molecule has 2 rings (SSSR count). The predicted molar refractivity (Wildman–Crippen MR) is 76.7 cm³/mol. The van der Waals surface area contributed by atoms with E-state index in [1.54, 1.807) is 0 Å². The third kappa shape index (κ3) is 2.75. The van der Waals surface area contributed by atoms with Gasteiger partial charge < -0.3 is 10.1 Å². The highest BCUT2D eigenvalue weighted by atomic mass is 16.5. The molecule has 2 aliphatic rings. The fourth-order valence-electron chi connectivity index (χ4n) is 3.82. The van der Waals surface area contributed by atoms with E-state index < -0.39 is 0 Å². The maximum Gasteiger partial charge on any atom is 0.0655 e. The SMILES string of the molecule is CCOC1CC(NC2CCC(C)CC2C)C1(C)C. The van der Waals surface area contributed by atoms with Gasteiger partial charge >= 0.3 is 0 Å². The van der Waals surface area contributed by atoms with Gasteiger partial charge in [-0.05, 0) is 44.4 Å². The first-order valence-electron chi connectivity index (χ1n) is 7.82. The summed E-state index contributed by atoms with van der Waals surface area (Å²) in [6.45, 7) is 12.5. The van der Waals surface area contributed by atoms with Crippen LogP contribution in [0.15, 0.2) is 0 Å². The van der Waals surface area contributed by atoms with Gasteiger partial charge in [0.25, 0.3) is 0 Å². The third-order valence-electron chi connectivity index (χ3n) is 5.39. The quantitative estimate of drug-likeness (QED) is 0.826. The number of rotatable bonds is 4. The Morgan fingerprint density at radius 3 is 2.44 bits per heavy atom. The van der Waals surface area contributed by atoms with E-state index in [1.807, 2.05) is 0 Å². The van der Waals surface area contributed by atoms with Crippen LogP contribution in [0.4, 0.5) is 0 Å². The van der Waals surface area contributed by atoms with Crippen molar-refractivity contribution in [2.24, 2.45) is 17.3 Å². The minimum atomic E-state index is 0.304. The molecule has 2 heteroatoms. The van der Waals surface area contributed by atoms with Gasteiger partial charge in [0.1, 0.15) is 0 Å². The topological polar surface area (TPSA) is 21.3 Å². The second kappa shape index (κ2) is 5.50. The maximum atomic E-state index is 5.82. The first-order valence-corrected chi connectivity index (χ1v) is 7.82. The van der Waals surface area contributed by atoms with E-state index in [0.29, 0.717) is 17.6 Å². The van der Waals surface area contributed by atoms with Gasteiger partial charge in [0.15, 0.2) is 0 Å². The molecule has 0 saturated heterocycles. The maximum absolute atomic E-state index is 5.82. The monoisotopic (exact) mass is 253 g/mol. The van der Waals surface area contributed by atoms with E-state index in [1.165, 1.54) is 25.7 Å². The summed E-state index contributed by atoms with van der Waals surface area (Å²) < 4.78 is 5.82. The van der Waals surface area contributed by atoms with Gasteiger partial charge in [-0.25, -0.2) is 0 Å². The minimum Gasteiger partial charge on any atom is -0.378 e. The molecule has 2 fully saturated rings. The molecule has 0 spiro atoms. The van der Waals surface area contributed by atoms with E-state index >= 15 is 0 Å². The van der Waals surface area contributed by atoms with Gasteiger partial charge in [-0.2, -0.15) is 0 Å². The van der Waals surface area contributed by atoms with Crippen LogP contribution < -0.4 is 5.32 Å². The number of nitrogens with one attached hydrogen (secondary N) is 1. The molecule has 5 atom stereocenters. The van der Waals surface area contributed by atoms with E-state index in [2.05, 4.69) is 39.9 Å². The van der Waals surface area contributed by atoms with Crippen LogP contribution in [0.2, 0.25) is 0 Å². The molecule has 106 valence electrons. The van der Waals surface area contributed by atoms with E-state index in [0.717, 1.165) is 24.5 Å². The molecule has 0 amide bonds. The molecule has 5 unspecified atom stereocenters. The standard InChI is InChI=1S/C16H31NO/c1-6-18-15-10-14(16(15,4)5)17-13-8-7-11(2)9-12(13)3/h11-15,17H,6-10H2,1-5H3. The second-order valence-electron chi connectivity index (χ2n) is 7.22. The Morgan fingerprint density at radius 1 is 1.17 bits per heavy atom. The van der Waals surface area contributed by atoms with Gasteiger partial charge in [0, 0.05) is 24.1 Å². The lowest BCUT2D eigenvalue weighted by molar-refractivity contribution is -0.118. The molecular formula is C16H31NO. The van der Waals surface area contributed by atoms with Crippen LogP contribution in [0.5, 0.6) is 0 Å². The molecule has 0 bridgehead atoms. The Labute approximate surface area is 113 Å². The summed E-state index contributed by atoms with van der Waals surface area (Å²) in [7, 11) is 0. The van der Waals surface area contributed by atoms with Crippen molar-refractivity contribution in [3.8, 4) is 0 Å². The van der Waals surface area contributed by atoms with Crippen molar-refractivity contribution in [3.05, 3.63) is 0 Å². The first-order chi connectivity index (χ1) is 8.45. The van der Waals surface area contributed by atoms with Gasteiger partial charge in [0.05, 0.1) is 6.10 Å². The Bertz CT molecular complexity index is 276. The van der Waals surface area contributed by atoms with Crippen molar-refractivity contribution in [1.29, 1.82) is 0 Å². The number of hydrogen-bond acceptors (Lipinski definition) is 2. The highest BCUT2D eigenvalue weighted by Gasteiger charge is 2.49. The number of ether oxygens (including phenoxy) is 1. The molecule has 18 heavy (non-hydrogen) atoms. The largest absolute Gasteiger partial charge is 0.378 e. The van der Waals surface area contributed by atoms with Gasteiger partial charge in [-0.1, -0.05) is 27.7 Å². The molecule has 2 saturated carbocycles. The number of hydrogen-bond donors (Lipinski definition) is 1. The van der Waals surface area contributed by atoms with Gasteiger partial charge in [0.2, 0.25) is 0 Å². The molecule has 0 aromatic heterocycles. The van der Waals surface area contributed by atoms with E-state index in [-0.39, 0.29) is 0 Å².